The van der Waals surface area contributed by atoms with Crippen LogP contribution in [-0.4, -0.2) is 26.9 Å². The molecule has 2 amide bonds. The number of carbonyl (C=O) groups excluding carboxylic acids is 1. The Morgan fingerprint density at radius 3 is 2.52 bits per heavy atom. The number of carbonyl (C=O) groups is 1. The Labute approximate surface area is 148 Å². The SMILES string of the molecule is CCOCc1ccccc1NC(=O)NCc1ccc(OC)c(OC)c1. The van der Waals surface area contributed by atoms with E-state index in [1.807, 2.05) is 49.4 Å². The number of para-hydroxylation sites is 1. The van der Waals surface area contributed by atoms with E-state index in [1.54, 1.807) is 14.2 Å². The summed E-state index contributed by atoms with van der Waals surface area (Å²) in [5, 5.41) is 5.69. The highest BCUT2D eigenvalue weighted by molar-refractivity contribution is 5.90. The lowest BCUT2D eigenvalue weighted by Crippen LogP contribution is -2.28. The molecule has 0 saturated carbocycles. The van der Waals surface area contributed by atoms with Gasteiger partial charge < -0.3 is 24.8 Å². The Hall–Kier alpha value is -2.73. The number of amides is 2. The van der Waals surface area contributed by atoms with Crippen molar-refractivity contribution in [2.24, 2.45) is 0 Å². The van der Waals surface area contributed by atoms with Crippen LogP contribution in [-0.2, 0) is 17.9 Å². The van der Waals surface area contributed by atoms with Crippen molar-refractivity contribution >= 4 is 11.7 Å². The molecule has 2 N–H and O–H groups in total. The summed E-state index contributed by atoms with van der Waals surface area (Å²) in [4.78, 5) is 12.2. The molecule has 0 aromatic heterocycles. The van der Waals surface area contributed by atoms with Gasteiger partial charge in [0.15, 0.2) is 11.5 Å². The average Bonchev–Trinajstić information content (AvgIpc) is 2.65. The van der Waals surface area contributed by atoms with Crippen LogP contribution in [0.5, 0.6) is 11.5 Å². The van der Waals surface area contributed by atoms with E-state index in [0.717, 1.165) is 16.8 Å². The highest BCUT2D eigenvalue weighted by Gasteiger charge is 2.08. The fraction of sp³-hybridized carbons (Fsp3) is 0.316. The van der Waals surface area contributed by atoms with Crippen LogP contribution in [0.25, 0.3) is 0 Å². The summed E-state index contributed by atoms with van der Waals surface area (Å²) < 4.78 is 15.9. The zero-order valence-electron chi connectivity index (χ0n) is 14.8. The van der Waals surface area contributed by atoms with E-state index in [9.17, 15) is 4.79 Å². The van der Waals surface area contributed by atoms with Crippen LogP contribution in [0.4, 0.5) is 10.5 Å². The first-order chi connectivity index (χ1) is 12.2. The highest BCUT2D eigenvalue weighted by atomic mass is 16.5. The second-order valence-corrected chi connectivity index (χ2v) is 5.29. The van der Waals surface area contributed by atoms with Gasteiger partial charge in [0.05, 0.1) is 20.8 Å². The molecule has 0 aliphatic carbocycles. The Kier molecular flexibility index (Phi) is 7.10. The average molecular weight is 344 g/mol. The van der Waals surface area contributed by atoms with Crippen LogP contribution in [0.3, 0.4) is 0 Å². The molecule has 0 heterocycles. The van der Waals surface area contributed by atoms with Crippen molar-refractivity contribution in [3.63, 3.8) is 0 Å². The fourth-order valence-corrected chi connectivity index (χ4v) is 2.32. The molecule has 134 valence electrons. The summed E-state index contributed by atoms with van der Waals surface area (Å²) >= 11 is 0. The molecule has 2 aromatic rings. The largest absolute Gasteiger partial charge is 0.493 e. The molecule has 6 nitrogen and oxygen atoms in total. The third kappa shape index (κ3) is 5.39. The molecule has 0 spiro atoms. The number of nitrogens with one attached hydrogen (secondary N) is 2. The number of hydrogen-bond donors (Lipinski definition) is 2. The molecular weight excluding hydrogens is 320 g/mol. The van der Waals surface area contributed by atoms with E-state index < -0.39 is 0 Å². The summed E-state index contributed by atoms with van der Waals surface area (Å²) in [6, 6.07) is 12.8. The van der Waals surface area contributed by atoms with E-state index in [-0.39, 0.29) is 6.03 Å². The van der Waals surface area contributed by atoms with Gasteiger partial charge >= 0.3 is 6.03 Å². The molecule has 6 heteroatoms. The lowest BCUT2D eigenvalue weighted by molar-refractivity contribution is 0.134. The molecule has 2 aromatic carbocycles. The zero-order chi connectivity index (χ0) is 18.1. The number of methoxy groups -OCH3 is 2. The van der Waals surface area contributed by atoms with Gasteiger partial charge in [-0.1, -0.05) is 24.3 Å². The monoisotopic (exact) mass is 344 g/mol. The topological polar surface area (TPSA) is 68.8 Å². The molecule has 0 unspecified atom stereocenters. The van der Waals surface area contributed by atoms with Gasteiger partial charge in [-0.3, -0.25) is 0 Å². The normalized spacial score (nSPS) is 10.2. The molecule has 0 aliphatic rings. The molecular formula is C19H24N2O4. The van der Waals surface area contributed by atoms with Gasteiger partial charge in [-0.2, -0.15) is 0 Å². The second-order valence-electron chi connectivity index (χ2n) is 5.29. The van der Waals surface area contributed by atoms with Crippen LogP contribution in [0.1, 0.15) is 18.1 Å². The second kappa shape index (κ2) is 9.54. The van der Waals surface area contributed by atoms with E-state index in [2.05, 4.69) is 10.6 Å². The number of ether oxygens (including phenoxy) is 3. The third-order valence-corrected chi connectivity index (χ3v) is 3.63. The lowest BCUT2D eigenvalue weighted by atomic mass is 10.2. The van der Waals surface area contributed by atoms with Crippen molar-refractivity contribution in [2.45, 2.75) is 20.1 Å². The number of benzene rings is 2. The Morgan fingerprint density at radius 2 is 1.80 bits per heavy atom. The highest BCUT2D eigenvalue weighted by Crippen LogP contribution is 2.27. The standard InChI is InChI=1S/C19H24N2O4/c1-4-25-13-15-7-5-6-8-16(15)21-19(22)20-12-14-9-10-17(23-2)18(11-14)24-3/h5-11H,4,12-13H2,1-3H3,(H2,20,21,22). The number of rotatable bonds is 8. The summed E-state index contributed by atoms with van der Waals surface area (Å²) in [6.07, 6.45) is 0. The van der Waals surface area contributed by atoms with Crippen molar-refractivity contribution in [3.8, 4) is 11.5 Å². The molecule has 25 heavy (non-hydrogen) atoms. The molecule has 0 saturated heterocycles. The van der Waals surface area contributed by atoms with E-state index in [0.29, 0.717) is 31.3 Å². The summed E-state index contributed by atoms with van der Waals surface area (Å²) in [5.74, 6) is 1.28. The molecule has 0 atom stereocenters. The quantitative estimate of drug-likeness (QED) is 0.768. The molecule has 0 fully saturated rings. The van der Waals surface area contributed by atoms with Gasteiger partial charge in [0.1, 0.15) is 0 Å². The Morgan fingerprint density at radius 1 is 1.04 bits per heavy atom. The minimum Gasteiger partial charge on any atom is -0.493 e. The van der Waals surface area contributed by atoms with Crippen molar-refractivity contribution in [1.29, 1.82) is 0 Å². The van der Waals surface area contributed by atoms with Crippen LogP contribution in [0.2, 0.25) is 0 Å². The maximum Gasteiger partial charge on any atom is 0.319 e. The van der Waals surface area contributed by atoms with Crippen LogP contribution < -0.4 is 20.1 Å². The minimum atomic E-state index is -0.279. The Balaban J connectivity index is 1.95. The van der Waals surface area contributed by atoms with Gasteiger partial charge in [0.2, 0.25) is 0 Å². The minimum absolute atomic E-state index is 0.279. The summed E-state index contributed by atoms with van der Waals surface area (Å²) in [5.41, 5.74) is 2.58. The summed E-state index contributed by atoms with van der Waals surface area (Å²) in [6.45, 7) is 3.40. The van der Waals surface area contributed by atoms with Gasteiger partial charge in [-0.05, 0) is 30.7 Å². The van der Waals surface area contributed by atoms with Gasteiger partial charge in [0, 0.05) is 24.4 Å². The summed E-state index contributed by atoms with van der Waals surface area (Å²) in [7, 11) is 3.17. The maximum atomic E-state index is 12.2. The Bertz CT molecular complexity index is 704. The van der Waals surface area contributed by atoms with E-state index in [1.165, 1.54) is 0 Å². The molecule has 0 aliphatic heterocycles. The first-order valence-electron chi connectivity index (χ1n) is 8.09. The van der Waals surface area contributed by atoms with Gasteiger partial charge in [-0.15, -0.1) is 0 Å². The predicted octanol–water partition coefficient (Wildman–Crippen LogP) is 3.56. The third-order valence-electron chi connectivity index (χ3n) is 3.63. The number of urea groups is 1. The first-order valence-corrected chi connectivity index (χ1v) is 8.09. The van der Waals surface area contributed by atoms with Crippen molar-refractivity contribution in [3.05, 3.63) is 53.6 Å². The zero-order valence-corrected chi connectivity index (χ0v) is 14.8. The van der Waals surface area contributed by atoms with Crippen LogP contribution in [0.15, 0.2) is 42.5 Å². The predicted molar refractivity (Wildman–Crippen MR) is 97.2 cm³/mol. The lowest BCUT2D eigenvalue weighted by Gasteiger charge is -2.13. The maximum absolute atomic E-state index is 12.2. The van der Waals surface area contributed by atoms with Crippen LogP contribution in [0, 0.1) is 0 Å². The van der Waals surface area contributed by atoms with Gasteiger partial charge in [-0.25, -0.2) is 4.79 Å². The number of hydrogen-bond acceptors (Lipinski definition) is 4. The van der Waals surface area contributed by atoms with Crippen molar-refractivity contribution in [2.75, 3.05) is 26.1 Å². The van der Waals surface area contributed by atoms with E-state index >= 15 is 0 Å². The molecule has 0 radical (unpaired) electrons. The molecule has 0 bridgehead atoms. The smallest absolute Gasteiger partial charge is 0.319 e. The fourth-order valence-electron chi connectivity index (χ4n) is 2.32. The van der Waals surface area contributed by atoms with Gasteiger partial charge in [0.25, 0.3) is 0 Å². The van der Waals surface area contributed by atoms with Crippen molar-refractivity contribution < 1.29 is 19.0 Å². The van der Waals surface area contributed by atoms with Crippen LogP contribution >= 0.6 is 0 Å². The van der Waals surface area contributed by atoms with Crippen molar-refractivity contribution in [1.82, 2.24) is 5.32 Å². The van der Waals surface area contributed by atoms with E-state index in [4.69, 9.17) is 14.2 Å². The molecule has 2 rings (SSSR count). The first kappa shape index (κ1) is 18.6. The number of anilines is 1.